The number of benzene rings is 1. The number of hydrogen-bond acceptors (Lipinski definition) is 2. The first-order valence-electron chi connectivity index (χ1n) is 8.25. The third kappa shape index (κ3) is 5.30. The molecule has 3 heteroatoms. The number of nitrogens with zero attached hydrogens (tertiary/aromatic N) is 1. The van der Waals surface area contributed by atoms with Crippen LogP contribution in [0.3, 0.4) is 0 Å². The molecule has 0 atom stereocenters. The molecule has 0 aromatic heterocycles. The van der Waals surface area contributed by atoms with E-state index in [1.807, 2.05) is 0 Å². The van der Waals surface area contributed by atoms with Crippen LogP contribution in [0.1, 0.15) is 52.5 Å². The fourth-order valence-electron chi connectivity index (χ4n) is 2.55. The third-order valence-electron chi connectivity index (χ3n) is 3.99. The third-order valence-corrected chi connectivity index (χ3v) is 4.49. The van der Waals surface area contributed by atoms with Crippen LogP contribution in [0.25, 0.3) is 0 Å². The van der Waals surface area contributed by atoms with Gasteiger partial charge >= 0.3 is 0 Å². The molecule has 21 heavy (non-hydrogen) atoms. The first-order valence-corrected chi connectivity index (χ1v) is 9.05. The molecule has 1 N–H and O–H groups in total. The SMILES string of the molecule is CC(C)CCN(c1cc(Br)ccc1CNC(C)C)C1CC1. The summed E-state index contributed by atoms with van der Waals surface area (Å²) < 4.78 is 1.18. The Morgan fingerprint density at radius 2 is 1.95 bits per heavy atom. The molecule has 1 aromatic rings. The average Bonchev–Trinajstić information content (AvgIpc) is 3.22. The van der Waals surface area contributed by atoms with E-state index in [1.54, 1.807) is 0 Å². The van der Waals surface area contributed by atoms with Gasteiger partial charge in [0, 0.05) is 35.3 Å². The predicted octanol–water partition coefficient (Wildman–Crippen LogP) is 4.96. The van der Waals surface area contributed by atoms with Crippen molar-refractivity contribution in [3.63, 3.8) is 0 Å². The summed E-state index contributed by atoms with van der Waals surface area (Å²) >= 11 is 3.65. The van der Waals surface area contributed by atoms with Gasteiger partial charge in [0.25, 0.3) is 0 Å². The zero-order chi connectivity index (χ0) is 15.4. The fraction of sp³-hybridized carbons (Fsp3) is 0.667. The standard InChI is InChI=1S/C18H29BrN2/c1-13(2)9-10-21(17-7-8-17)18-11-16(19)6-5-15(18)12-20-14(3)4/h5-6,11,13-14,17,20H,7-10,12H2,1-4H3. The van der Waals surface area contributed by atoms with Gasteiger partial charge in [0.15, 0.2) is 0 Å². The van der Waals surface area contributed by atoms with Crippen molar-refractivity contribution in [1.82, 2.24) is 5.32 Å². The Bertz CT molecular complexity index is 453. The molecule has 2 rings (SSSR count). The van der Waals surface area contributed by atoms with Crippen LogP contribution in [0.15, 0.2) is 22.7 Å². The van der Waals surface area contributed by atoms with Crippen LogP contribution in [-0.2, 0) is 6.54 Å². The first-order chi connectivity index (χ1) is 9.97. The minimum absolute atomic E-state index is 0.520. The minimum Gasteiger partial charge on any atom is -0.368 e. The van der Waals surface area contributed by atoms with Gasteiger partial charge in [0.2, 0.25) is 0 Å². The summed E-state index contributed by atoms with van der Waals surface area (Å²) in [5, 5.41) is 3.56. The topological polar surface area (TPSA) is 15.3 Å². The normalized spacial score (nSPS) is 15.0. The molecule has 0 aliphatic heterocycles. The molecule has 1 aliphatic rings. The Balaban J connectivity index is 2.18. The maximum atomic E-state index is 3.65. The first kappa shape index (κ1) is 16.8. The molecule has 0 spiro atoms. The van der Waals surface area contributed by atoms with Gasteiger partial charge in [-0.2, -0.15) is 0 Å². The lowest BCUT2D eigenvalue weighted by atomic mass is 10.1. The molecule has 1 saturated carbocycles. The van der Waals surface area contributed by atoms with Crippen LogP contribution in [0.2, 0.25) is 0 Å². The zero-order valence-electron chi connectivity index (χ0n) is 13.8. The molecule has 1 aliphatic carbocycles. The van der Waals surface area contributed by atoms with E-state index in [0.717, 1.165) is 18.5 Å². The summed E-state index contributed by atoms with van der Waals surface area (Å²) in [5.41, 5.74) is 2.84. The quantitative estimate of drug-likeness (QED) is 0.710. The van der Waals surface area contributed by atoms with Crippen molar-refractivity contribution >= 4 is 21.6 Å². The number of anilines is 1. The molecule has 1 aromatic carbocycles. The Kier molecular flexibility index (Phi) is 6.12. The minimum atomic E-state index is 0.520. The van der Waals surface area contributed by atoms with Gasteiger partial charge in [-0.3, -0.25) is 0 Å². The number of nitrogens with one attached hydrogen (secondary N) is 1. The van der Waals surface area contributed by atoms with Gasteiger partial charge in [-0.05, 0) is 42.9 Å². The molecule has 0 unspecified atom stereocenters. The lowest BCUT2D eigenvalue weighted by Crippen LogP contribution is -2.30. The van der Waals surface area contributed by atoms with Crippen molar-refractivity contribution in [1.29, 1.82) is 0 Å². The lowest BCUT2D eigenvalue weighted by molar-refractivity contribution is 0.565. The molecular weight excluding hydrogens is 324 g/mol. The van der Waals surface area contributed by atoms with E-state index in [9.17, 15) is 0 Å². The van der Waals surface area contributed by atoms with Crippen LogP contribution < -0.4 is 10.2 Å². The molecule has 118 valence electrons. The van der Waals surface area contributed by atoms with Gasteiger partial charge in [-0.15, -0.1) is 0 Å². The Morgan fingerprint density at radius 3 is 2.52 bits per heavy atom. The maximum absolute atomic E-state index is 3.65. The van der Waals surface area contributed by atoms with E-state index in [1.165, 1.54) is 41.5 Å². The van der Waals surface area contributed by atoms with E-state index in [4.69, 9.17) is 0 Å². The molecule has 2 nitrogen and oxygen atoms in total. The largest absolute Gasteiger partial charge is 0.368 e. The van der Waals surface area contributed by atoms with Crippen LogP contribution in [0.4, 0.5) is 5.69 Å². The number of rotatable bonds is 8. The van der Waals surface area contributed by atoms with Crippen LogP contribution in [-0.4, -0.2) is 18.6 Å². The molecule has 0 amide bonds. The highest BCUT2D eigenvalue weighted by atomic mass is 79.9. The van der Waals surface area contributed by atoms with Crippen molar-refractivity contribution in [3.8, 4) is 0 Å². The zero-order valence-corrected chi connectivity index (χ0v) is 15.4. The highest BCUT2D eigenvalue weighted by molar-refractivity contribution is 9.10. The van der Waals surface area contributed by atoms with E-state index in [2.05, 4.69) is 72.0 Å². The summed E-state index contributed by atoms with van der Waals surface area (Å²) in [4.78, 5) is 2.64. The molecule has 0 bridgehead atoms. The second kappa shape index (κ2) is 7.64. The highest BCUT2D eigenvalue weighted by Gasteiger charge is 2.30. The molecule has 0 radical (unpaired) electrons. The Morgan fingerprint density at radius 1 is 1.24 bits per heavy atom. The molecule has 1 fully saturated rings. The molecule has 0 saturated heterocycles. The van der Waals surface area contributed by atoms with Crippen LogP contribution in [0.5, 0.6) is 0 Å². The average molecular weight is 353 g/mol. The second-order valence-electron chi connectivity index (χ2n) is 6.92. The van der Waals surface area contributed by atoms with Gasteiger partial charge < -0.3 is 10.2 Å². The summed E-state index contributed by atoms with van der Waals surface area (Å²) in [5.74, 6) is 0.760. The van der Waals surface area contributed by atoms with Gasteiger partial charge in [0.1, 0.15) is 0 Å². The fourth-order valence-corrected chi connectivity index (χ4v) is 2.90. The van der Waals surface area contributed by atoms with E-state index < -0.39 is 0 Å². The van der Waals surface area contributed by atoms with E-state index in [-0.39, 0.29) is 0 Å². The van der Waals surface area contributed by atoms with Gasteiger partial charge in [0.05, 0.1) is 0 Å². The number of halogens is 1. The number of hydrogen-bond donors (Lipinski definition) is 1. The van der Waals surface area contributed by atoms with Crippen molar-refractivity contribution in [2.24, 2.45) is 5.92 Å². The smallest absolute Gasteiger partial charge is 0.0425 e. The van der Waals surface area contributed by atoms with Crippen LogP contribution in [0, 0.1) is 5.92 Å². The highest BCUT2D eigenvalue weighted by Crippen LogP contribution is 2.35. The lowest BCUT2D eigenvalue weighted by Gasteiger charge is -2.28. The van der Waals surface area contributed by atoms with Crippen molar-refractivity contribution in [3.05, 3.63) is 28.2 Å². The van der Waals surface area contributed by atoms with Crippen molar-refractivity contribution in [2.75, 3.05) is 11.4 Å². The van der Waals surface area contributed by atoms with Crippen LogP contribution >= 0.6 is 15.9 Å². The summed E-state index contributed by atoms with van der Waals surface area (Å²) in [6.45, 7) is 11.2. The van der Waals surface area contributed by atoms with Crippen molar-refractivity contribution < 1.29 is 0 Å². The van der Waals surface area contributed by atoms with E-state index in [0.29, 0.717) is 6.04 Å². The van der Waals surface area contributed by atoms with Gasteiger partial charge in [-0.25, -0.2) is 0 Å². The molecular formula is C18H29BrN2. The van der Waals surface area contributed by atoms with E-state index >= 15 is 0 Å². The summed E-state index contributed by atoms with van der Waals surface area (Å²) in [6.07, 6.45) is 3.96. The molecule has 0 heterocycles. The summed E-state index contributed by atoms with van der Waals surface area (Å²) in [7, 11) is 0. The maximum Gasteiger partial charge on any atom is 0.0425 e. The van der Waals surface area contributed by atoms with Crippen molar-refractivity contribution in [2.45, 2.75) is 65.6 Å². The monoisotopic (exact) mass is 352 g/mol. The van der Waals surface area contributed by atoms with Gasteiger partial charge in [-0.1, -0.05) is 49.7 Å². The second-order valence-corrected chi connectivity index (χ2v) is 7.83. The predicted molar refractivity (Wildman–Crippen MR) is 95.9 cm³/mol. The summed E-state index contributed by atoms with van der Waals surface area (Å²) in [6, 6.07) is 8.01. The Labute approximate surface area is 138 Å². The Hall–Kier alpha value is -0.540.